The van der Waals surface area contributed by atoms with Crippen LogP contribution in [0.15, 0.2) is 48.5 Å². The molecule has 0 aliphatic carbocycles. The van der Waals surface area contributed by atoms with Gasteiger partial charge in [0, 0.05) is 23.1 Å². The van der Waals surface area contributed by atoms with Crippen LogP contribution in [0.1, 0.15) is 28.0 Å². The van der Waals surface area contributed by atoms with E-state index >= 15 is 0 Å². The molecule has 0 spiro atoms. The quantitative estimate of drug-likeness (QED) is 0.422. The zero-order valence-electron chi connectivity index (χ0n) is 15.1. The molecule has 142 valence electrons. The summed E-state index contributed by atoms with van der Waals surface area (Å²) >= 11 is 0. The number of hydrogen-bond acceptors (Lipinski definition) is 2. The van der Waals surface area contributed by atoms with Gasteiger partial charge in [-0.05, 0) is 38.5 Å². The van der Waals surface area contributed by atoms with Crippen molar-refractivity contribution >= 4 is 16.7 Å². The van der Waals surface area contributed by atoms with Crippen molar-refractivity contribution in [2.24, 2.45) is 0 Å². The number of halogens is 3. The summed E-state index contributed by atoms with van der Waals surface area (Å²) in [7, 11) is 0. The molecule has 0 fully saturated rings. The number of carbonyl (C=O) groups excluding carboxylic acids is 1. The van der Waals surface area contributed by atoms with Crippen LogP contribution < -0.4 is 4.74 Å². The second-order valence-corrected chi connectivity index (χ2v) is 6.47. The second kappa shape index (κ2) is 7.47. The van der Waals surface area contributed by atoms with Gasteiger partial charge in [-0.2, -0.15) is 13.2 Å². The number of alkyl halides is 3. The fraction of sp³-hybridized carbons (Fsp3) is 0.286. The number of aryl methyl sites for hydroxylation is 2. The number of ketones is 1. The summed E-state index contributed by atoms with van der Waals surface area (Å²) in [6.07, 6.45) is -4.29. The molecule has 0 bridgehead atoms. The van der Waals surface area contributed by atoms with Crippen molar-refractivity contribution in [3.63, 3.8) is 0 Å². The van der Waals surface area contributed by atoms with E-state index in [1.165, 1.54) is 0 Å². The van der Waals surface area contributed by atoms with Crippen molar-refractivity contribution in [2.75, 3.05) is 6.61 Å². The fourth-order valence-electron chi connectivity index (χ4n) is 3.19. The normalized spacial score (nSPS) is 11.7. The summed E-state index contributed by atoms with van der Waals surface area (Å²) < 4.78 is 46.4. The van der Waals surface area contributed by atoms with Gasteiger partial charge in [-0.25, -0.2) is 0 Å². The molecule has 2 aromatic carbocycles. The Hall–Kier alpha value is -2.76. The lowest BCUT2D eigenvalue weighted by atomic mass is 10.1. The van der Waals surface area contributed by atoms with Crippen molar-refractivity contribution in [3.05, 3.63) is 65.4 Å². The van der Waals surface area contributed by atoms with Crippen LogP contribution in [0.25, 0.3) is 10.9 Å². The monoisotopic (exact) mass is 375 g/mol. The summed E-state index contributed by atoms with van der Waals surface area (Å²) in [5, 5.41) is 0.330. The lowest BCUT2D eigenvalue weighted by Gasteiger charge is -2.10. The number of para-hydroxylation sites is 1. The van der Waals surface area contributed by atoms with Crippen LogP contribution in [0.3, 0.4) is 0 Å². The Kier molecular flexibility index (Phi) is 5.26. The van der Waals surface area contributed by atoms with Crippen LogP contribution in [0.4, 0.5) is 13.2 Å². The first-order valence-corrected chi connectivity index (χ1v) is 8.68. The Morgan fingerprint density at radius 1 is 1.04 bits per heavy atom. The van der Waals surface area contributed by atoms with Crippen molar-refractivity contribution in [2.45, 2.75) is 33.0 Å². The molecule has 0 amide bonds. The van der Waals surface area contributed by atoms with Gasteiger partial charge in [0.2, 0.25) is 0 Å². The third-order valence-electron chi connectivity index (χ3n) is 4.53. The minimum Gasteiger partial charge on any atom is -0.494 e. The van der Waals surface area contributed by atoms with E-state index in [0.29, 0.717) is 36.2 Å². The molecule has 0 radical (unpaired) electrons. The molecular formula is C21H20F3NO2. The Bertz CT molecular complexity index is 956. The first-order chi connectivity index (χ1) is 12.8. The second-order valence-electron chi connectivity index (χ2n) is 6.47. The SMILES string of the molecule is Cc1ccc(OCCCn2c(C)c(C(=O)C(F)(F)F)c3ccccc32)cc1. The number of Topliss-reactive ketones (excluding diaryl/α,β-unsaturated/α-hetero) is 1. The van der Waals surface area contributed by atoms with E-state index in [0.717, 1.165) is 11.3 Å². The zero-order valence-corrected chi connectivity index (χ0v) is 15.1. The Labute approximate surface area is 155 Å². The molecule has 0 saturated carbocycles. The molecule has 1 aromatic heterocycles. The molecule has 0 aliphatic rings. The number of ether oxygens (including phenoxy) is 1. The molecule has 3 rings (SSSR count). The van der Waals surface area contributed by atoms with Crippen molar-refractivity contribution in [1.29, 1.82) is 0 Å². The van der Waals surface area contributed by atoms with Crippen LogP contribution >= 0.6 is 0 Å². The Morgan fingerprint density at radius 2 is 1.70 bits per heavy atom. The molecule has 3 aromatic rings. The van der Waals surface area contributed by atoms with Gasteiger partial charge in [0.15, 0.2) is 0 Å². The van der Waals surface area contributed by atoms with E-state index in [-0.39, 0.29) is 5.56 Å². The van der Waals surface area contributed by atoms with Crippen LogP contribution in [-0.2, 0) is 6.54 Å². The number of aromatic nitrogens is 1. The maximum Gasteiger partial charge on any atom is 0.454 e. The summed E-state index contributed by atoms with van der Waals surface area (Å²) in [4.78, 5) is 11.9. The maximum atomic E-state index is 13.0. The molecule has 0 N–H and O–H groups in total. The van der Waals surface area contributed by atoms with Gasteiger partial charge >= 0.3 is 6.18 Å². The largest absolute Gasteiger partial charge is 0.494 e. The van der Waals surface area contributed by atoms with Gasteiger partial charge < -0.3 is 9.30 Å². The lowest BCUT2D eigenvalue weighted by molar-refractivity contribution is -0.0884. The zero-order chi connectivity index (χ0) is 19.6. The Morgan fingerprint density at radius 3 is 2.37 bits per heavy atom. The number of benzene rings is 2. The van der Waals surface area contributed by atoms with Crippen molar-refractivity contribution in [1.82, 2.24) is 4.57 Å². The highest BCUT2D eigenvalue weighted by atomic mass is 19.4. The fourth-order valence-corrected chi connectivity index (χ4v) is 3.19. The molecule has 27 heavy (non-hydrogen) atoms. The predicted octanol–water partition coefficient (Wildman–Crippen LogP) is 5.47. The van der Waals surface area contributed by atoms with E-state index in [1.54, 1.807) is 35.8 Å². The van der Waals surface area contributed by atoms with Crippen molar-refractivity contribution in [3.8, 4) is 5.75 Å². The van der Waals surface area contributed by atoms with Gasteiger partial charge in [-0.3, -0.25) is 4.79 Å². The van der Waals surface area contributed by atoms with Gasteiger partial charge in [0.1, 0.15) is 5.75 Å². The number of hydrogen-bond donors (Lipinski definition) is 0. The van der Waals surface area contributed by atoms with Crippen LogP contribution in [-0.4, -0.2) is 23.1 Å². The molecule has 0 saturated heterocycles. The highest BCUT2D eigenvalue weighted by Gasteiger charge is 2.41. The molecule has 3 nitrogen and oxygen atoms in total. The highest BCUT2D eigenvalue weighted by Crippen LogP contribution is 2.31. The summed E-state index contributed by atoms with van der Waals surface area (Å²) in [5.74, 6) is -1.05. The minimum absolute atomic E-state index is 0.266. The number of fused-ring (bicyclic) bond motifs is 1. The van der Waals surface area contributed by atoms with Gasteiger partial charge in [0.05, 0.1) is 12.2 Å². The van der Waals surface area contributed by atoms with Crippen LogP contribution in [0, 0.1) is 13.8 Å². The topological polar surface area (TPSA) is 31.2 Å². The molecule has 0 unspecified atom stereocenters. The van der Waals surface area contributed by atoms with Crippen LogP contribution in [0.2, 0.25) is 0 Å². The summed E-state index contributed by atoms with van der Waals surface area (Å²) in [6, 6.07) is 14.3. The highest BCUT2D eigenvalue weighted by molar-refractivity contribution is 6.11. The first-order valence-electron chi connectivity index (χ1n) is 8.68. The number of nitrogens with zero attached hydrogens (tertiary/aromatic N) is 1. The maximum absolute atomic E-state index is 13.0. The number of carbonyl (C=O) groups is 1. The van der Waals surface area contributed by atoms with Crippen LogP contribution in [0.5, 0.6) is 5.75 Å². The Balaban J connectivity index is 1.79. The molecule has 6 heteroatoms. The van der Waals surface area contributed by atoms with Gasteiger partial charge in [0.25, 0.3) is 5.78 Å². The van der Waals surface area contributed by atoms with E-state index in [4.69, 9.17) is 4.74 Å². The lowest BCUT2D eigenvalue weighted by Crippen LogP contribution is -2.23. The van der Waals surface area contributed by atoms with E-state index in [2.05, 4.69) is 0 Å². The molecule has 0 atom stereocenters. The predicted molar refractivity (Wildman–Crippen MR) is 98.4 cm³/mol. The average Bonchev–Trinajstić information content (AvgIpc) is 2.90. The third-order valence-corrected chi connectivity index (χ3v) is 4.53. The van der Waals surface area contributed by atoms with E-state index in [9.17, 15) is 18.0 Å². The summed E-state index contributed by atoms with van der Waals surface area (Å²) in [5.41, 5.74) is 1.82. The standard InChI is InChI=1S/C21H20F3NO2/c1-14-8-10-16(11-9-14)27-13-5-12-25-15(2)19(20(26)21(22,23)24)17-6-3-4-7-18(17)25/h3-4,6-11H,5,12-13H2,1-2H3. The van der Waals surface area contributed by atoms with Gasteiger partial charge in [-0.15, -0.1) is 0 Å². The summed E-state index contributed by atoms with van der Waals surface area (Å²) in [6.45, 7) is 4.43. The van der Waals surface area contributed by atoms with E-state index in [1.807, 2.05) is 31.2 Å². The van der Waals surface area contributed by atoms with Crippen molar-refractivity contribution < 1.29 is 22.7 Å². The van der Waals surface area contributed by atoms with E-state index < -0.39 is 12.0 Å². The first kappa shape index (κ1) is 19.0. The minimum atomic E-state index is -4.89. The molecular weight excluding hydrogens is 355 g/mol. The third kappa shape index (κ3) is 3.99. The average molecular weight is 375 g/mol. The van der Waals surface area contributed by atoms with Gasteiger partial charge in [-0.1, -0.05) is 35.9 Å². The molecule has 1 heterocycles. The smallest absolute Gasteiger partial charge is 0.454 e. The molecule has 0 aliphatic heterocycles. The number of rotatable bonds is 6.